The number of oxazole rings is 1. The fourth-order valence-electron chi connectivity index (χ4n) is 1.59. The molecule has 3 rings (SSSR count). The van der Waals surface area contributed by atoms with Crippen LogP contribution in [0.3, 0.4) is 0 Å². The molecule has 2 heterocycles. The Morgan fingerprint density at radius 3 is 2.94 bits per heavy atom. The molecule has 2 aromatic heterocycles. The summed E-state index contributed by atoms with van der Waals surface area (Å²) in [5.74, 6) is 0.740. The third kappa shape index (κ3) is 1.80. The molecule has 0 aliphatic rings. The second-order valence-electron chi connectivity index (χ2n) is 3.57. The summed E-state index contributed by atoms with van der Waals surface area (Å²) in [5.41, 5.74) is 1.10. The molecule has 17 heavy (non-hydrogen) atoms. The third-order valence-electron chi connectivity index (χ3n) is 2.38. The van der Waals surface area contributed by atoms with Crippen LogP contribution in [-0.4, -0.2) is 4.98 Å². The fraction of sp³-hybridized carbons (Fsp3) is 0.0833. The zero-order chi connectivity index (χ0) is 11.8. The highest BCUT2D eigenvalue weighted by molar-refractivity contribution is 6.16. The zero-order valence-electron chi connectivity index (χ0n) is 8.61. The van der Waals surface area contributed by atoms with Gasteiger partial charge in [-0.25, -0.2) is 9.37 Å². The predicted octanol–water partition coefficient (Wildman–Crippen LogP) is 3.97. The monoisotopic (exact) mass is 251 g/mol. The minimum atomic E-state index is -0.341. The van der Waals surface area contributed by atoms with Crippen molar-refractivity contribution >= 4 is 22.6 Å². The van der Waals surface area contributed by atoms with Crippen molar-refractivity contribution in [2.24, 2.45) is 0 Å². The third-order valence-corrected chi connectivity index (χ3v) is 2.66. The molecule has 0 unspecified atom stereocenters. The van der Waals surface area contributed by atoms with E-state index in [0.29, 0.717) is 22.9 Å². The van der Waals surface area contributed by atoms with Gasteiger partial charge in [-0.15, -0.1) is 11.6 Å². The molecule has 0 saturated carbocycles. The molecule has 1 aromatic carbocycles. The van der Waals surface area contributed by atoms with E-state index < -0.39 is 0 Å². The second kappa shape index (κ2) is 3.89. The Morgan fingerprint density at radius 2 is 2.18 bits per heavy atom. The lowest BCUT2D eigenvalue weighted by molar-refractivity contribution is 0.532. The van der Waals surface area contributed by atoms with Crippen LogP contribution in [0.4, 0.5) is 4.39 Å². The van der Waals surface area contributed by atoms with E-state index in [0.717, 1.165) is 5.39 Å². The number of fused-ring (bicyclic) bond motifs is 1. The molecule has 0 amide bonds. The maximum Gasteiger partial charge on any atom is 0.263 e. The van der Waals surface area contributed by atoms with Gasteiger partial charge in [0.25, 0.3) is 5.89 Å². The van der Waals surface area contributed by atoms with E-state index in [4.69, 9.17) is 20.4 Å². The summed E-state index contributed by atoms with van der Waals surface area (Å²) in [6.45, 7) is 0. The first-order valence-electron chi connectivity index (χ1n) is 4.96. The first kappa shape index (κ1) is 10.4. The average molecular weight is 252 g/mol. The van der Waals surface area contributed by atoms with E-state index >= 15 is 0 Å². The second-order valence-corrected chi connectivity index (χ2v) is 3.84. The summed E-state index contributed by atoms with van der Waals surface area (Å²) < 4.78 is 23.7. The molecule has 86 valence electrons. The molecular weight excluding hydrogens is 245 g/mol. The quantitative estimate of drug-likeness (QED) is 0.647. The Labute approximate surface area is 101 Å². The van der Waals surface area contributed by atoms with Crippen LogP contribution in [0.1, 0.15) is 5.69 Å². The highest BCUT2D eigenvalue weighted by Gasteiger charge is 2.12. The molecule has 0 N–H and O–H groups in total. The van der Waals surface area contributed by atoms with Crippen LogP contribution >= 0.6 is 11.6 Å². The molecule has 0 aliphatic heterocycles. The van der Waals surface area contributed by atoms with Gasteiger partial charge in [0.05, 0.1) is 11.6 Å². The van der Waals surface area contributed by atoms with E-state index in [9.17, 15) is 4.39 Å². The first-order chi connectivity index (χ1) is 8.26. The van der Waals surface area contributed by atoms with Crippen LogP contribution in [0, 0.1) is 5.82 Å². The number of aromatic nitrogens is 1. The lowest BCUT2D eigenvalue weighted by Crippen LogP contribution is -1.76. The van der Waals surface area contributed by atoms with Crippen molar-refractivity contribution in [3.8, 4) is 11.7 Å². The smallest absolute Gasteiger partial charge is 0.263 e. The number of hydrogen-bond donors (Lipinski definition) is 0. The molecule has 3 aromatic rings. The number of halogens is 2. The standard InChI is InChI=1S/C12H7ClFNO2/c13-5-9-6-16-12(15-9)11-3-7-1-2-8(14)4-10(7)17-11/h1-4,6H,5H2. The van der Waals surface area contributed by atoms with Crippen LogP contribution in [0.25, 0.3) is 22.6 Å². The van der Waals surface area contributed by atoms with Crippen molar-refractivity contribution in [3.05, 3.63) is 42.0 Å². The predicted molar refractivity (Wildman–Crippen MR) is 61.2 cm³/mol. The molecule has 0 fully saturated rings. The van der Waals surface area contributed by atoms with E-state index in [2.05, 4.69) is 4.98 Å². The molecule has 0 radical (unpaired) electrons. The van der Waals surface area contributed by atoms with Crippen LogP contribution in [0.5, 0.6) is 0 Å². The van der Waals surface area contributed by atoms with E-state index in [1.807, 2.05) is 0 Å². The number of rotatable bonds is 2. The van der Waals surface area contributed by atoms with E-state index in [-0.39, 0.29) is 11.7 Å². The summed E-state index contributed by atoms with van der Waals surface area (Å²) in [6, 6.07) is 6.09. The van der Waals surface area contributed by atoms with Crippen LogP contribution in [0.15, 0.2) is 39.4 Å². The van der Waals surface area contributed by atoms with Gasteiger partial charge in [0.1, 0.15) is 17.7 Å². The van der Waals surface area contributed by atoms with Gasteiger partial charge >= 0.3 is 0 Å². The maximum absolute atomic E-state index is 13.0. The highest BCUT2D eigenvalue weighted by atomic mass is 35.5. The van der Waals surface area contributed by atoms with Crippen molar-refractivity contribution in [1.29, 1.82) is 0 Å². The Hall–Kier alpha value is -1.81. The summed E-state index contributed by atoms with van der Waals surface area (Å²) in [4.78, 5) is 4.13. The van der Waals surface area contributed by atoms with Crippen molar-refractivity contribution < 1.29 is 13.2 Å². The number of furan rings is 1. The summed E-state index contributed by atoms with van der Waals surface area (Å²) in [7, 11) is 0. The Bertz CT molecular complexity index is 674. The number of hydrogen-bond acceptors (Lipinski definition) is 3. The Kier molecular flexibility index (Phi) is 2.37. The average Bonchev–Trinajstić information content (AvgIpc) is 2.93. The normalized spacial score (nSPS) is 11.2. The lowest BCUT2D eigenvalue weighted by atomic mass is 10.2. The first-order valence-corrected chi connectivity index (χ1v) is 5.49. The minimum absolute atomic E-state index is 0.276. The highest BCUT2D eigenvalue weighted by Crippen LogP contribution is 2.27. The fourth-order valence-corrected chi connectivity index (χ4v) is 1.71. The van der Waals surface area contributed by atoms with Crippen molar-refractivity contribution in [1.82, 2.24) is 4.98 Å². The van der Waals surface area contributed by atoms with E-state index in [1.165, 1.54) is 18.4 Å². The maximum atomic E-state index is 13.0. The van der Waals surface area contributed by atoms with Gasteiger partial charge in [0.15, 0.2) is 5.76 Å². The van der Waals surface area contributed by atoms with Gasteiger partial charge < -0.3 is 8.83 Å². The molecule has 0 atom stereocenters. The molecule has 0 spiro atoms. The van der Waals surface area contributed by atoms with Gasteiger partial charge in [-0.05, 0) is 18.2 Å². The van der Waals surface area contributed by atoms with Gasteiger partial charge in [-0.2, -0.15) is 0 Å². The SMILES string of the molecule is Fc1ccc2cc(-c3nc(CCl)co3)oc2c1. The van der Waals surface area contributed by atoms with Crippen LogP contribution in [0.2, 0.25) is 0 Å². The van der Waals surface area contributed by atoms with Crippen molar-refractivity contribution in [2.75, 3.05) is 0 Å². The van der Waals surface area contributed by atoms with Gasteiger partial charge in [0, 0.05) is 11.5 Å². The van der Waals surface area contributed by atoms with Gasteiger partial charge in [0.2, 0.25) is 0 Å². The number of alkyl halides is 1. The molecular formula is C12H7ClFNO2. The zero-order valence-corrected chi connectivity index (χ0v) is 9.37. The molecule has 0 aliphatic carbocycles. The van der Waals surface area contributed by atoms with E-state index in [1.54, 1.807) is 12.1 Å². The summed E-state index contributed by atoms with van der Waals surface area (Å²) in [6.07, 6.45) is 1.47. The number of benzene rings is 1. The molecule has 3 nitrogen and oxygen atoms in total. The van der Waals surface area contributed by atoms with Crippen molar-refractivity contribution in [3.63, 3.8) is 0 Å². The number of nitrogens with zero attached hydrogens (tertiary/aromatic N) is 1. The Morgan fingerprint density at radius 1 is 1.29 bits per heavy atom. The lowest BCUT2D eigenvalue weighted by Gasteiger charge is -1.87. The molecule has 0 bridgehead atoms. The topological polar surface area (TPSA) is 39.2 Å². The summed E-state index contributed by atoms with van der Waals surface area (Å²) >= 11 is 5.62. The summed E-state index contributed by atoms with van der Waals surface area (Å²) in [5, 5.41) is 0.798. The van der Waals surface area contributed by atoms with Gasteiger partial charge in [-0.1, -0.05) is 0 Å². The van der Waals surface area contributed by atoms with Crippen LogP contribution < -0.4 is 0 Å². The van der Waals surface area contributed by atoms with Gasteiger partial charge in [-0.3, -0.25) is 0 Å². The Balaban J connectivity index is 2.11. The largest absolute Gasteiger partial charge is 0.451 e. The minimum Gasteiger partial charge on any atom is -0.451 e. The van der Waals surface area contributed by atoms with Crippen LogP contribution in [-0.2, 0) is 5.88 Å². The molecule has 5 heteroatoms. The van der Waals surface area contributed by atoms with Crippen molar-refractivity contribution in [2.45, 2.75) is 5.88 Å². The molecule has 0 saturated heterocycles.